The lowest BCUT2D eigenvalue weighted by Gasteiger charge is -2.18. The van der Waals surface area contributed by atoms with Crippen LogP contribution in [0.3, 0.4) is 0 Å². The van der Waals surface area contributed by atoms with E-state index in [0.29, 0.717) is 23.2 Å². The van der Waals surface area contributed by atoms with E-state index in [1.54, 1.807) is 72.6 Å². The lowest BCUT2D eigenvalue weighted by Crippen LogP contribution is -2.28. The van der Waals surface area contributed by atoms with E-state index in [1.165, 1.54) is 6.07 Å². The molecule has 0 unspecified atom stereocenters. The van der Waals surface area contributed by atoms with E-state index < -0.39 is 10.0 Å². The number of likely N-dealkylation sites (N-methyl/N-ethyl adjacent to an activating group) is 1. The fourth-order valence-electron chi connectivity index (χ4n) is 3.32. The van der Waals surface area contributed by atoms with Crippen molar-refractivity contribution < 1.29 is 18.4 Å². The molecule has 9 heteroatoms. The predicted molar refractivity (Wildman–Crippen MR) is 122 cm³/mol. The molecular weight excluding hydrogens is 428 g/mol. The molecule has 0 aliphatic heterocycles. The summed E-state index contributed by atoms with van der Waals surface area (Å²) in [4.78, 5) is 14.3. The van der Waals surface area contributed by atoms with Crippen LogP contribution < -0.4 is 10.6 Å². The normalized spacial score (nSPS) is 11.1. The van der Waals surface area contributed by atoms with E-state index >= 15 is 0 Å². The summed E-state index contributed by atoms with van der Waals surface area (Å²) in [5.41, 5.74) is 5.14. The second kappa shape index (κ2) is 9.73. The third-order valence-electron chi connectivity index (χ3n) is 4.99. The molecule has 32 heavy (non-hydrogen) atoms. The van der Waals surface area contributed by atoms with Gasteiger partial charge in [-0.05, 0) is 28.8 Å². The van der Waals surface area contributed by atoms with Gasteiger partial charge in [0.2, 0.25) is 15.9 Å². The van der Waals surface area contributed by atoms with Gasteiger partial charge in [-0.15, -0.1) is 0 Å². The number of hydrogen-bond donors (Lipinski definition) is 4. The quantitative estimate of drug-likeness (QED) is 0.248. The fourth-order valence-corrected chi connectivity index (χ4v) is 4.08. The number of carbonyl (C=O) groups excluding carboxylic acids is 1. The number of nitrogens with zero attached hydrogens (tertiary/aromatic N) is 1. The number of nitrogens with two attached hydrogens (primary N) is 1. The first-order chi connectivity index (χ1) is 15.2. The molecular formula is C23H24N4O4S. The van der Waals surface area contributed by atoms with Crippen molar-refractivity contribution in [2.75, 3.05) is 7.05 Å². The first kappa shape index (κ1) is 23.1. The van der Waals surface area contributed by atoms with Crippen LogP contribution in [0.1, 0.15) is 16.7 Å². The molecule has 0 saturated carbocycles. The average Bonchev–Trinajstić information content (AvgIpc) is 2.78. The summed E-state index contributed by atoms with van der Waals surface area (Å²) in [5, 5.41) is 21.8. The number of carbonyl (C=O) groups is 1. The summed E-state index contributed by atoms with van der Waals surface area (Å²) >= 11 is 0. The van der Waals surface area contributed by atoms with Gasteiger partial charge in [0.05, 0.1) is 11.3 Å². The highest BCUT2D eigenvalue weighted by atomic mass is 32.2. The van der Waals surface area contributed by atoms with Crippen molar-refractivity contribution in [1.82, 2.24) is 10.4 Å². The van der Waals surface area contributed by atoms with Crippen molar-refractivity contribution in [2.45, 2.75) is 17.9 Å². The number of hydrogen-bond acceptors (Lipinski definition) is 5. The Balaban J connectivity index is 1.70. The second-order valence-electron chi connectivity index (χ2n) is 7.35. The summed E-state index contributed by atoms with van der Waals surface area (Å²) in [7, 11) is -2.16. The van der Waals surface area contributed by atoms with Gasteiger partial charge in [0.1, 0.15) is 5.84 Å². The van der Waals surface area contributed by atoms with Gasteiger partial charge >= 0.3 is 0 Å². The summed E-state index contributed by atoms with van der Waals surface area (Å²) in [5.74, 6) is -0.214. The summed E-state index contributed by atoms with van der Waals surface area (Å²) in [6.45, 7) is 0.352. The van der Waals surface area contributed by atoms with Crippen LogP contribution in [-0.4, -0.2) is 37.3 Å². The molecule has 8 nitrogen and oxygen atoms in total. The molecule has 0 fully saturated rings. The van der Waals surface area contributed by atoms with Gasteiger partial charge in [0.15, 0.2) is 0 Å². The maximum Gasteiger partial charge on any atom is 0.238 e. The van der Waals surface area contributed by atoms with Crippen LogP contribution in [0.15, 0.2) is 77.7 Å². The highest BCUT2D eigenvalue weighted by molar-refractivity contribution is 7.89. The van der Waals surface area contributed by atoms with E-state index in [4.69, 9.17) is 15.8 Å². The number of nitrogens with one attached hydrogen (secondary N) is 2. The van der Waals surface area contributed by atoms with Gasteiger partial charge in [-0.25, -0.2) is 13.6 Å². The smallest absolute Gasteiger partial charge is 0.238 e. The number of primary sulfonamides is 1. The highest BCUT2D eigenvalue weighted by Crippen LogP contribution is 2.26. The van der Waals surface area contributed by atoms with Crippen LogP contribution in [0.2, 0.25) is 0 Å². The molecule has 166 valence electrons. The van der Waals surface area contributed by atoms with Crippen LogP contribution >= 0.6 is 0 Å². The molecule has 0 saturated heterocycles. The molecule has 0 atom stereocenters. The molecule has 0 aliphatic rings. The molecule has 1 amide bonds. The SMILES string of the molecule is CN(Cc1cccc(C(=N)NO)c1)C(=O)Cc1ccc(-c2ccccc2S(N)(=O)=O)cc1. The Morgan fingerprint density at radius 3 is 2.38 bits per heavy atom. The lowest BCUT2D eigenvalue weighted by atomic mass is 10.0. The molecule has 0 heterocycles. The molecule has 3 aromatic rings. The zero-order valence-electron chi connectivity index (χ0n) is 17.4. The van der Waals surface area contributed by atoms with Crippen molar-refractivity contribution in [3.05, 3.63) is 89.5 Å². The molecule has 3 rings (SSSR count). The van der Waals surface area contributed by atoms with Gasteiger partial charge in [0.25, 0.3) is 0 Å². The van der Waals surface area contributed by atoms with Crippen molar-refractivity contribution >= 4 is 21.8 Å². The Hall–Kier alpha value is -3.53. The Bertz CT molecular complexity index is 1240. The van der Waals surface area contributed by atoms with Gasteiger partial charge in [-0.1, -0.05) is 60.7 Å². The summed E-state index contributed by atoms with van der Waals surface area (Å²) in [6, 6.07) is 20.6. The molecule has 0 spiro atoms. The number of hydroxylamine groups is 1. The van der Waals surface area contributed by atoms with Gasteiger partial charge in [-0.2, -0.15) is 0 Å². The third-order valence-corrected chi connectivity index (χ3v) is 5.96. The zero-order chi connectivity index (χ0) is 23.3. The lowest BCUT2D eigenvalue weighted by molar-refractivity contribution is -0.129. The Labute approximate surface area is 186 Å². The summed E-state index contributed by atoms with van der Waals surface area (Å²) < 4.78 is 23.7. The second-order valence-corrected chi connectivity index (χ2v) is 8.88. The average molecular weight is 453 g/mol. The van der Waals surface area contributed by atoms with Gasteiger partial charge in [-0.3, -0.25) is 20.9 Å². The highest BCUT2D eigenvalue weighted by Gasteiger charge is 2.15. The van der Waals surface area contributed by atoms with Crippen LogP contribution in [0.4, 0.5) is 0 Å². The molecule has 0 aromatic heterocycles. The van der Waals surface area contributed by atoms with E-state index in [-0.39, 0.29) is 23.1 Å². The topological polar surface area (TPSA) is 137 Å². The van der Waals surface area contributed by atoms with Crippen LogP contribution in [0.25, 0.3) is 11.1 Å². The molecule has 0 bridgehead atoms. The number of amides is 1. The van der Waals surface area contributed by atoms with Crippen molar-refractivity contribution in [3.8, 4) is 11.1 Å². The Morgan fingerprint density at radius 2 is 1.72 bits per heavy atom. The number of rotatable bonds is 7. The third kappa shape index (κ3) is 5.58. The number of amidine groups is 1. The van der Waals surface area contributed by atoms with Crippen LogP contribution in [0, 0.1) is 5.41 Å². The predicted octanol–water partition coefficient (Wildman–Crippen LogP) is 2.51. The molecule has 5 N–H and O–H groups in total. The number of sulfonamides is 1. The maximum atomic E-state index is 12.7. The van der Waals surface area contributed by atoms with Crippen LogP contribution in [0.5, 0.6) is 0 Å². The van der Waals surface area contributed by atoms with Gasteiger partial charge < -0.3 is 4.90 Å². The monoisotopic (exact) mass is 452 g/mol. The minimum atomic E-state index is -3.85. The fraction of sp³-hybridized carbons (Fsp3) is 0.130. The molecule has 0 radical (unpaired) electrons. The summed E-state index contributed by atoms with van der Waals surface area (Å²) in [6.07, 6.45) is 0.182. The van der Waals surface area contributed by atoms with E-state index in [0.717, 1.165) is 11.1 Å². The van der Waals surface area contributed by atoms with E-state index in [1.807, 2.05) is 11.5 Å². The standard InChI is InChI=1S/C23H24N4O4S/c1-27(15-17-5-4-6-19(13-17)23(24)26-29)22(28)14-16-9-11-18(12-10-16)20-7-2-3-8-21(20)32(25,30)31/h2-13,29H,14-15H2,1H3,(H2,24,26)(H2,25,30,31). The van der Waals surface area contributed by atoms with Crippen molar-refractivity contribution in [1.29, 1.82) is 5.41 Å². The Morgan fingerprint density at radius 1 is 1.03 bits per heavy atom. The zero-order valence-corrected chi connectivity index (χ0v) is 18.3. The van der Waals surface area contributed by atoms with Crippen molar-refractivity contribution in [2.24, 2.45) is 5.14 Å². The van der Waals surface area contributed by atoms with Crippen molar-refractivity contribution in [3.63, 3.8) is 0 Å². The first-order valence-electron chi connectivity index (χ1n) is 9.72. The van der Waals surface area contributed by atoms with E-state index in [2.05, 4.69) is 0 Å². The Kier molecular flexibility index (Phi) is 7.04. The first-order valence-corrected chi connectivity index (χ1v) is 11.3. The largest absolute Gasteiger partial charge is 0.341 e. The molecule has 0 aliphatic carbocycles. The minimum absolute atomic E-state index is 0.0512. The number of benzene rings is 3. The maximum absolute atomic E-state index is 12.7. The van der Waals surface area contributed by atoms with Crippen LogP contribution in [-0.2, 0) is 27.8 Å². The van der Waals surface area contributed by atoms with Gasteiger partial charge in [0, 0.05) is 24.7 Å². The minimum Gasteiger partial charge on any atom is -0.341 e. The molecule has 3 aromatic carbocycles. The van der Waals surface area contributed by atoms with E-state index in [9.17, 15) is 13.2 Å².